The first-order chi connectivity index (χ1) is 22.8. The highest BCUT2D eigenvalue weighted by atomic mass is 79.9. The van der Waals surface area contributed by atoms with E-state index in [0.717, 1.165) is 38.5 Å². The van der Waals surface area contributed by atoms with Crippen LogP contribution in [0.5, 0.6) is 0 Å². The number of hydrogen-bond acceptors (Lipinski definition) is 10. The lowest BCUT2D eigenvalue weighted by molar-refractivity contribution is -0.145. The van der Waals surface area contributed by atoms with Gasteiger partial charge in [0.25, 0.3) is 0 Å². The molecular weight excluding hydrogens is 686 g/mol. The van der Waals surface area contributed by atoms with Crippen molar-refractivity contribution in [1.82, 2.24) is 37.0 Å². The Morgan fingerprint density at radius 1 is 1.19 bits per heavy atom. The first-order valence-corrected chi connectivity index (χ1v) is 18.2. The molecule has 9 atom stereocenters. The second kappa shape index (κ2) is 15.5. The molecule has 0 radical (unpaired) electrons. The number of ether oxygens (including phenoxy) is 2. The Balaban J connectivity index is 1.33. The van der Waals surface area contributed by atoms with Crippen LogP contribution in [0.15, 0.2) is 24.8 Å². The molecule has 0 aromatic heterocycles. The van der Waals surface area contributed by atoms with Gasteiger partial charge in [0.1, 0.15) is 23.2 Å². The van der Waals surface area contributed by atoms with Crippen molar-refractivity contribution in [2.75, 3.05) is 13.2 Å². The fraction of sp³-hybridized carbons (Fsp3) is 0.758. The quantitative estimate of drug-likeness (QED) is 0.168. The van der Waals surface area contributed by atoms with Crippen LogP contribution in [-0.2, 0) is 23.9 Å². The van der Waals surface area contributed by atoms with Gasteiger partial charge in [0.05, 0.1) is 24.9 Å². The van der Waals surface area contributed by atoms with Crippen LogP contribution in [0.2, 0.25) is 0 Å². The fourth-order valence-electron chi connectivity index (χ4n) is 7.29. The Hall–Kier alpha value is -2.56. The van der Waals surface area contributed by atoms with Crippen molar-refractivity contribution in [3.05, 3.63) is 24.8 Å². The number of nitrogens with zero attached hydrogens (tertiary/aromatic N) is 2. The van der Waals surface area contributed by atoms with Gasteiger partial charge in [0.2, 0.25) is 11.8 Å². The molecule has 3 heterocycles. The van der Waals surface area contributed by atoms with Crippen LogP contribution >= 0.6 is 15.9 Å². The molecule has 14 nitrogen and oxygen atoms in total. The number of halogens is 1. The zero-order valence-corrected chi connectivity index (χ0v) is 29.8. The average molecular weight is 739 g/mol. The molecular formula is C33H52BrN7O7. The summed E-state index contributed by atoms with van der Waals surface area (Å²) in [5.41, 5.74) is 7.89. The number of fused-ring (bicyclic) bond motifs is 2. The van der Waals surface area contributed by atoms with E-state index in [0.29, 0.717) is 25.9 Å². The molecule has 0 bridgehead atoms. The molecule has 0 spiro atoms. The van der Waals surface area contributed by atoms with E-state index in [2.05, 4.69) is 49.5 Å². The van der Waals surface area contributed by atoms with Crippen LogP contribution in [0.4, 0.5) is 4.79 Å². The summed E-state index contributed by atoms with van der Waals surface area (Å²) < 4.78 is 11.4. The lowest BCUT2D eigenvalue weighted by atomic mass is 9.85. The summed E-state index contributed by atoms with van der Waals surface area (Å²) in [6, 6.07) is -2.17. The Labute approximate surface area is 291 Å². The number of hydrazine groups is 3. The first kappa shape index (κ1) is 36.7. The van der Waals surface area contributed by atoms with Gasteiger partial charge in [0, 0.05) is 17.3 Å². The molecule has 4 fully saturated rings. The predicted octanol–water partition coefficient (Wildman–Crippen LogP) is 2.62. The van der Waals surface area contributed by atoms with Crippen LogP contribution < -0.4 is 27.0 Å². The predicted molar refractivity (Wildman–Crippen MR) is 181 cm³/mol. The van der Waals surface area contributed by atoms with Crippen LogP contribution in [0.1, 0.15) is 85.0 Å². The van der Waals surface area contributed by atoms with Crippen LogP contribution in [0.25, 0.3) is 0 Å². The number of carbonyl (C=O) groups is 4. The number of alkyl halides is 1. The summed E-state index contributed by atoms with van der Waals surface area (Å²) in [5.74, 6) is -2.02. The van der Waals surface area contributed by atoms with Gasteiger partial charge in [0.15, 0.2) is 0 Å². The molecule has 48 heavy (non-hydrogen) atoms. The summed E-state index contributed by atoms with van der Waals surface area (Å²) in [4.78, 5) is 55.2. The molecule has 5 rings (SSSR count). The lowest BCUT2D eigenvalue weighted by Gasteiger charge is -2.35. The molecule has 2 saturated heterocycles. The fourth-order valence-corrected chi connectivity index (χ4v) is 8.19. The maximum absolute atomic E-state index is 14.3. The molecule has 0 aromatic rings. The molecule has 3 aliphatic heterocycles. The Bertz CT molecular complexity index is 1250. The minimum Gasteiger partial charge on any atom is -0.479 e. The number of carboxylic acid groups (broad SMARTS) is 1. The number of carboxylic acids is 1. The lowest BCUT2D eigenvalue weighted by Crippen LogP contribution is -2.56. The van der Waals surface area contributed by atoms with Crippen molar-refractivity contribution in [2.45, 2.75) is 131 Å². The average Bonchev–Trinajstić information content (AvgIpc) is 3.32. The third kappa shape index (κ3) is 8.77. The number of hydrogen-bond donors (Lipinski definition) is 6. The first-order valence-electron chi connectivity index (χ1n) is 17.3. The van der Waals surface area contributed by atoms with Crippen molar-refractivity contribution in [3.8, 4) is 0 Å². The summed E-state index contributed by atoms with van der Waals surface area (Å²) in [7, 11) is 0. The number of carbonyl (C=O) groups excluding carboxylic acids is 3. The number of allylic oxidation sites excluding steroid dienone is 1. The van der Waals surface area contributed by atoms with Gasteiger partial charge in [-0.1, -0.05) is 47.0 Å². The summed E-state index contributed by atoms with van der Waals surface area (Å²) >= 11 is 3.80. The molecule has 268 valence electrons. The van der Waals surface area contributed by atoms with E-state index in [1.807, 2.05) is 17.3 Å². The van der Waals surface area contributed by atoms with Crippen molar-refractivity contribution < 1.29 is 33.8 Å². The minimum absolute atomic E-state index is 0.0937. The van der Waals surface area contributed by atoms with Gasteiger partial charge in [-0.25, -0.2) is 20.4 Å². The molecule has 4 unspecified atom stereocenters. The Kier molecular flexibility index (Phi) is 11.9. The monoisotopic (exact) mass is 737 g/mol. The second-order valence-electron chi connectivity index (χ2n) is 14.7. The molecule has 2 aliphatic carbocycles. The molecule has 6 N–H and O–H groups in total. The highest BCUT2D eigenvalue weighted by Gasteiger charge is 2.61. The standard InChI is InChI=1S/C33H52BrN7O7/c1-5-15-47-26-14-13-20(16-23(26)34)27-37-39-41(38-27)22-17-25-28(42)36-33(30(44)45)18-21(33)11-9-7-6-8-10-12-24(29(43)40(25)19-22)35-31(46)48-32(2,3)4/h5,9,11,20-27,37-39H,1,6-8,10,12-19H2,2-4H3,(H,35,46)(H,36,42)(H,44,45)/b11-9-/t20?,21-,22-,23?,24+,25+,26?,27?,33-/m1/s1. The Morgan fingerprint density at radius 3 is 2.69 bits per heavy atom. The van der Waals surface area contributed by atoms with E-state index in [-0.39, 0.29) is 47.9 Å². The molecule has 15 heteroatoms. The maximum Gasteiger partial charge on any atom is 0.408 e. The smallest absolute Gasteiger partial charge is 0.408 e. The van der Waals surface area contributed by atoms with E-state index in [9.17, 15) is 24.3 Å². The van der Waals surface area contributed by atoms with Crippen LogP contribution in [0, 0.1) is 11.8 Å². The van der Waals surface area contributed by atoms with Gasteiger partial charge in [-0.2, -0.15) is 10.7 Å². The Morgan fingerprint density at radius 2 is 1.98 bits per heavy atom. The van der Waals surface area contributed by atoms with E-state index < -0.39 is 47.1 Å². The van der Waals surface area contributed by atoms with E-state index in [1.165, 1.54) is 4.90 Å². The van der Waals surface area contributed by atoms with Crippen LogP contribution in [-0.4, -0.2) is 98.5 Å². The third-order valence-corrected chi connectivity index (χ3v) is 10.9. The van der Waals surface area contributed by atoms with E-state index in [4.69, 9.17) is 9.47 Å². The summed E-state index contributed by atoms with van der Waals surface area (Å²) in [5, 5.41) is 17.5. The molecule has 0 aromatic carbocycles. The van der Waals surface area contributed by atoms with Gasteiger partial charge < -0.3 is 30.1 Å². The van der Waals surface area contributed by atoms with Crippen molar-refractivity contribution in [1.29, 1.82) is 0 Å². The zero-order chi connectivity index (χ0) is 34.6. The minimum atomic E-state index is -1.40. The summed E-state index contributed by atoms with van der Waals surface area (Å²) in [6.07, 6.45) is 11.7. The van der Waals surface area contributed by atoms with Gasteiger partial charge in [-0.15, -0.1) is 6.58 Å². The van der Waals surface area contributed by atoms with Gasteiger partial charge in [-0.05, 0) is 78.1 Å². The zero-order valence-electron chi connectivity index (χ0n) is 28.2. The number of alkyl carbamates (subject to hydrolysis) is 1. The summed E-state index contributed by atoms with van der Waals surface area (Å²) in [6.45, 7) is 9.70. The topological polar surface area (TPSA) is 174 Å². The van der Waals surface area contributed by atoms with Crippen molar-refractivity contribution in [2.24, 2.45) is 11.8 Å². The third-order valence-electron chi connectivity index (χ3n) is 9.97. The van der Waals surface area contributed by atoms with Crippen LogP contribution in [0.3, 0.4) is 0 Å². The highest BCUT2D eigenvalue weighted by molar-refractivity contribution is 9.09. The SMILES string of the molecule is C=CCOC1CCC(C2NNN([C@@H]3C[C@H]4C(=O)N[C@]5(C(=O)O)C[C@H]5/C=C\CCCCC[C@H](NC(=O)OC(C)(C)C)C(=O)N4C3)N2)CC1Br. The normalized spacial score (nSPS) is 37.3. The molecule has 5 aliphatic rings. The number of rotatable bonds is 7. The van der Waals surface area contributed by atoms with E-state index in [1.54, 1.807) is 26.8 Å². The maximum atomic E-state index is 14.3. The molecule has 2 saturated carbocycles. The largest absolute Gasteiger partial charge is 0.479 e. The number of nitrogens with one attached hydrogen (secondary N) is 5. The van der Waals surface area contributed by atoms with Crippen molar-refractivity contribution in [3.63, 3.8) is 0 Å². The number of aliphatic carboxylic acids is 1. The van der Waals surface area contributed by atoms with Gasteiger partial charge in [-0.3, -0.25) is 9.59 Å². The van der Waals surface area contributed by atoms with Crippen molar-refractivity contribution >= 4 is 39.8 Å². The molecule has 3 amide bonds. The van der Waals surface area contributed by atoms with Gasteiger partial charge >= 0.3 is 12.1 Å². The highest BCUT2D eigenvalue weighted by Crippen LogP contribution is 2.45. The van der Waals surface area contributed by atoms with E-state index >= 15 is 0 Å². The second-order valence-corrected chi connectivity index (χ2v) is 15.9. The number of amides is 3.